The van der Waals surface area contributed by atoms with E-state index in [1.165, 1.54) is 4.90 Å². The van der Waals surface area contributed by atoms with Crippen LogP contribution in [0.2, 0.25) is 0 Å². The lowest BCUT2D eigenvalue weighted by Gasteiger charge is -2.12. The van der Waals surface area contributed by atoms with E-state index in [1.807, 2.05) is 58.2 Å². The van der Waals surface area contributed by atoms with Gasteiger partial charge in [0.05, 0.1) is 6.54 Å². The second kappa shape index (κ2) is 6.00. The Balaban J connectivity index is 1.86. The number of carbonyl (C=O) groups is 2. The summed E-state index contributed by atoms with van der Waals surface area (Å²) in [5, 5.41) is 2.68. The van der Waals surface area contributed by atoms with Crippen molar-refractivity contribution in [3.63, 3.8) is 0 Å². The zero-order chi connectivity index (χ0) is 17.4. The topological polar surface area (TPSA) is 54.3 Å². The first kappa shape index (κ1) is 16.1. The Morgan fingerprint density at radius 2 is 1.88 bits per heavy atom. The van der Waals surface area contributed by atoms with Gasteiger partial charge < -0.3 is 9.88 Å². The first-order valence-corrected chi connectivity index (χ1v) is 7.90. The average molecular weight is 323 g/mol. The lowest BCUT2D eigenvalue weighted by atomic mass is 10.1. The molecule has 24 heavy (non-hydrogen) atoms. The van der Waals surface area contributed by atoms with Gasteiger partial charge in [-0.05, 0) is 44.0 Å². The molecule has 1 aromatic heterocycles. The quantitative estimate of drug-likeness (QED) is 0.697. The molecule has 2 heterocycles. The molecule has 1 aliphatic rings. The lowest BCUT2D eigenvalue weighted by molar-refractivity contribution is -0.123. The maximum Gasteiger partial charge on any atom is 0.329 e. The third-order valence-corrected chi connectivity index (χ3v) is 4.50. The van der Waals surface area contributed by atoms with Crippen LogP contribution in [0.3, 0.4) is 0 Å². The highest BCUT2D eigenvalue weighted by molar-refractivity contribution is 6.13. The molecule has 1 fully saturated rings. The Labute approximate surface area is 141 Å². The molecule has 0 aliphatic carbocycles. The summed E-state index contributed by atoms with van der Waals surface area (Å²) >= 11 is 0. The van der Waals surface area contributed by atoms with Gasteiger partial charge in [-0.1, -0.05) is 29.8 Å². The molecule has 0 saturated carbocycles. The fourth-order valence-corrected chi connectivity index (χ4v) is 2.89. The van der Waals surface area contributed by atoms with Crippen molar-refractivity contribution in [2.45, 2.75) is 27.3 Å². The number of benzene rings is 1. The smallest absolute Gasteiger partial charge is 0.329 e. The monoisotopic (exact) mass is 323 g/mol. The van der Waals surface area contributed by atoms with Gasteiger partial charge in [-0.15, -0.1) is 0 Å². The van der Waals surface area contributed by atoms with Crippen molar-refractivity contribution in [3.05, 3.63) is 64.1 Å². The summed E-state index contributed by atoms with van der Waals surface area (Å²) in [5.74, 6) is -0.289. The largest absolute Gasteiger partial charge is 0.352 e. The van der Waals surface area contributed by atoms with Crippen LogP contribution in [0, 0.1) is 20.8 Å². The van der Waals surface area contributed by atoms with Crippen LogP contribution in [0.25, 0.3) is 6.08 Å². The van der Waals surface area contributed by atoms with Crippen LogP contribution in [0.4, 0.5) is 4.79 Å². The third kappa shape index (κ3) is 2.85. The minimum absolute atomic E-state index is 0.274. The van der Waals surface area contributed by atoms with E-state index in [1.54, 1.807) is 6.08 Å². The van der Waals surface area contributed by atoms with Crippen LogP contribution in [-0.4, -0.2) is 21.4 Å². The van der Waals surface area contributed by atoms with E-state index in [0.29, 0.717) is 5.70 Å². The molecular formula is C19H21N3O2. The first-order chi connectivity index (χ1) is 11.4. The van der Waals surface area contributed by atoms with E-state index in [-0.39, 0.29) is 18.5 Å². The van der Waals surface area contributed by atoms with E-state index in [4.69, 9.17) is 0 Å². The van der Waals surface area contributed by atoms with Crippen LogP contribution in [-0.2, 0) is 18.4 Å². The average Bonchev–Trinajstić information content (AvgIpc) is 2.93. The Morgan fingerprint density at radius 1 is 1.12 bits per heavy atom. The molecule has 0 unspecified atom stereocenters. The normalized spacial score (nSPS) is 16.2. The molecular weight excluding hydrogens is 302 g/mol. The predicted octanol–water partition coefficient (Wildman–Crippen LogP) is 3.04. The van der Waals surface area contributed by atoms with Crippen molar-refractivity contribution < 1.29 is 9.59 Å². The van der Waals surface area contributed by atoms with Gasteiger partial charge in [0, 0.05) is 18.4 Å². The molecule has 3 amide bonds. The van der Waals surface area contributed by atoms with Crippen molar-refractivity contribution in [1.82, 2.24) is 14.8 Å². The van der Waals surface area contributed by atoms with Gasteiger partial charge in [-0.3, -0.25) is 9.69 Å². The molecule has 1 saturated heterocycles. The summed E-state index contributed by atoms with van der Waals surface area (Å²) < 4.78 is 2.05. The molecule has 0 atom stereocenters. The van der Waals surface area contributed by atoms with E-state index < -0.39 is 0 Å². The SMILES string of the molecule is Cc1cccc(CN2C(=O)N/C(=C/c3cc(C)n(C)c3C)C2=O)c1. The second-order valence-electron chi connectivity index (χ2n) is 6.25. The molecule has 0 spiro atoms. The van der Waals surface area contributed by atoms with Crippen molar-refractivity contribution in [3.8, 4) is 0 Å². The van der Waals surface area contributed by atoms with E-state index in [2.05, 4.69) is 9.88 Å². The number of imide groups is 1. The standard InChI is InChI=1S/C19H21N3O2/c1-12-6-5-7-15(8-12)11-22-18(23)17(20-19(22)24)10-16-9-13(2)21(4)14(16)3/h5-10H,11H2,1-4H3,(H,20,24)/b17-10+. The van der Waals surface area contributed by atoms with Crippen LogP contribution in [0.5, 0.6) is 0 Å². The molecule has 1 aromatic carbocycles. The van der Waals surface area contributed by atoms with Gasteiger partial charge in [0.25, 0.3) is 5.91 Å². The van der Waals surface area contributed by atoms with Gasteiger partial charge >= 0.3 is 6.03 Å². The zero-order valence-electron chi connectivity index (χ0n) is 14.4. The number of nitrogens with one attached hydrogen (secondary N) is 1. The summed E-state index contributed by atoms with van der Waals surface area (Å²) in [6.07, 6.45) is 1.75. The Hall–Kier alpha value is -2.82. The van der Waals surface area contributed by atoms with Crippen molar-refractivity contribution >= 4 is 18.0 Å². The minimum Gasteiger partial charge on any atom is -0.352 e. The summed E-state index contributed by atoms with van der Waals surface area (Å²) in [6.45, 7) is 6.26. The number of hydrogen-bond acceptors (Lipinski definition) is 2. The number of urea groups is 1. The molecule has 3 rings (SSSR count). The summed E-state index contributed by atoms with van der Waals surface area (Å²) in [4.78, 5) is 26.0. The van der Waals surface area contributed by atoms with Crippen LogP contribution in [0.15, 0.2) is 36.0 Å². The molecule has 0 bridgehead atoms. The molecule has 0 radical (unpaired) electrons. The molecule has 5 heteroatoms. The van der Waals surface area contributed by atoms with Crippen LogP contribution >= 0.6 is 0 Å². The summed E-state index contributed by atoms with van der Waals surface area (Å²) in [6, 6.07) is 9.44. The van der Waals surface area contributed by atoms with Crippen molar-refractivity contribution in [2.75, 3.05) is 0 Å². The van der Waals surface area contributed by atoms with Gasteiger partial charge in [-0.25, -0.2) is 4.79 Å². The zero-order valence-corrected chi connectivity index (χ0v) is 14.4. The highest BCUT2D eigenvalue weighted by Gasteiger charge is 2.33. The predicted molar refractivity (Wildman–Crippen MR) is 93.1 cm³/mol. The number of carbonyl (C=O) groups excluding carboxylic acids is 2. The van der Waals surface area contributed by atoms with Gasteiger partial charge in [0.2, 0.25) is 0 Å². The van der Waals surface area contributed by atoms with Crippen LogP contribution < -0.4 is 5.32 Å². The van der Waals surface area contributed by atoms with Crippen LogP contribution in [0.1, 0.15) is 28.1 Å². The molecule has 1 aliphatic heterocycles. The van der Waals surface area contributed by atoms with Gasteiger partial charge in [-0.2, -0.15) is 0 Å². The van der Waals surface area contributed by atoms with Gasteiger partial charge in [0.1, 0.15) is 5.70 Å². The molecule has 124 valence electrons. The number of hydrogen-bond donors (Lipinski definition) is 1. The fourth-order valence-electron chi connectivity index (χ4n) is 2.89. The fraction of sp³-hybridized carbons (Fsp3) is 0.263. The van der Waals surface area contributed by atoms with E-state index in [9.17, 15) is 9.59 Å². The maximum atomic E-state index is 12.6. The van der Waals surface area contributed by atoms with Gasteiger partial charge in [0.15, 0.2) is 0 Å². The van der Waals surface area contributed by atoms with Crippen molar-refractivity contribution in [1.29, 1.82) is 0 Å². The number of nitrogens with zero attached hydrogens (tertiary/aromatic N) is 2. The molecule has 5 nitrogen and oxygen atoms in total. The third-order valence-electron chi connectivity index (χ3n) is 4.50. The Morgan fingerprint density at radius 3 is 2.50 bits per heavy atom. The summed E-state index contributed by atoms with van der Waals surface area (Å²) in [5.41, 5.74) is 5.46. The number of aromatic nitrogens is 1. The maximum absolute atomic E-state index is 12.6. The molecule has 2 aromatic rings. The Bertz CT molecular complexity index is 861. The van der Waals surface area contributed by atoms with Crippen molar-refractivity contribution in [2.24, 2.45) is 7.05 Å². The number of aryl methyl sites for hydroxylation is 2. The lowest BCUT2D eigenvalue weighted by Crippen LogP contribution is -2.30. The number of amides is 3. The second-order valence-corrected chi connectivity index (χ2v) is 6.25. The number of rotatable bonds is 3. The minimum atomic E-state index is -0.377. The van der Waals surface area contributed by atoms with E-state index in [0.717, 1.165) is 28.1 Å². The highest BCUT2D eigenvalue weighted by atomic mass is 16.2. The van der Waals surface area contributed by atoms with E-state index >= 15 is 0 Å². The molecule has 1 N–H and O–H groups in total. The Kier molecular flexibility index (Phi) is 4.01. The first-order valence-electron chi connectivity index (χ1n) is 7.90. The highest BCUT2D eigenvalue weighted by Crippen LogP contribution is 2.20. The summed E-state index contributed by atoms with van der Waals surface area (Å²) in [7, 11) is 1.98.